The first-order valence-corrected chi connectivity index (χ1v) is 10.3. The molecule has 1 aromatic heterocycles. The Morgan fingerprint density at radius 3 is 2.42 bits per heavy atom. The van der Waals surface area contributed by atoms with E-state index >= 15 is 0 Å². The van der Waals surface area contributed by atoms with Gasteiger partial charge in [0.2, 0.25) is 5.95 Å². The van der Waals surface area contributed by atoms with Gasteiger partial charge in [0.25, 0.3) is 5.82 Å². The van der Waals surface area contributed by atoms with E-state index in [9.17, 15) is 26.7 Å². The van der Waals surface area contributed by atoms with Crippen LogP contribution in [0.25, 0.3) is 0 Å². The van der Waals surface area contributed by atoms with Gasteiger partial charge in [-0.2, -0.15) is 18.2 Å². The summed E-state index contributed by atoms with van der Waals surface area (Å²) in [6, 6.07) is 8.27. The second-order valence-electron chi connectivity index (χ2n) is 7.91. The minimum atomic E-state index is -4.85. The molecule has 2 aliphatic rings. The van der Waals surface area contributed by atoms with Crippen LogP contribution in [-0.2, 0) is 11.0 Å². The van der Waals surface area contributed by atoms with Crippen LogP contribution >= 0.6 is 11.6 Å². The number of benzene rings is 2. The first-order chi connectivity index (χ1) is 15.6. The Morgan fingerprint density at radius 1 is 1.03 bits per heavy atom. The van der Waals surface area contributed by atoms with E-state index < -0.39 is 29.7 Å². The molecule has 170 valence electrons. The highest BCUT2D eigenvalue weighted by Crippen LogP contribution is 2.45. The number of rotatable bonds is 2. The second kappa shape index (κ2) is 7.65. The highest BCUT2D eigenvalue weighted by molar-refractivity contribution is 6.30. The third-order valence-electron chi connectivity index (χ3n) is 5.69. The molecule has 1 N–H and O–H groups in total. The second-order valence-corrected chi connectivity index (χ2v) is 8.34. The van der Waals surface area contributed by atoms with E-state index in [-0.39, 0.29) is 41.6 Å². The van der Waals surface area contributed by atoms with Gasteiger partial charge in [0.1, 0.15) is 17.7 Å². The van der Waals surface area contributed by atoms with E-state index in [0.717, 1.165) is 22.4 Å². The van der Waals surface area contributed by atoms with Crippen molar-refractivity contribution in [3.63, 3.8) is 0 Å². The number of carbonyl (C=O) groups is 1. The van der Waals surface area contributed by atoms with E-state index in [1.54, 1.807) is 18.2 Å². The van der Waals surface area contributed by atoms with Crippen molar-refractivity contribution in [2.75, 3.05) is 5.32 Å². The van der Waals surface area contributed by atoms with Gasteiger partial charge in [-0.3, -0.25) is 4.79 Å². The Balaban J connectivity index is 1.65. The molecular weight excluding hydrogens is 467 g/mol. The van der Waals surface area contributed by atoms with Crippen LogP contribution in [0.2, 0.25) is 5.02 Å². The van der Waals surface area contributed by atoms with Gasteiger partial charge < -0.3 is 5.32 Å². The normalized spacial score (nSPS) is 20.4. The summed E-state index contributed by atoms with van der Waals surface area (Å²) in [5.74, 6) is -4.21. The number of nitrogens with one attached hydrogen (secondary N) is 1. The molecule has 0 bridgehead atoms. The van der Waals surface area contributed by atoms with Gasteiger partial charge in [-0.05, 0) is 47.7 Å². The first kappa shape index (κ1) is 21.6. The van der Waals surface area contributed by atoms with Crippen molar-refractivity contribution in [1.29, 1.82) is 0 Å². The molecule has 3 aromatic rings. The van der Waals surface area contributed by atoms with Crippen LogP contribution in [0, 0.1) is 11.6 Å². The van der Waals surface area contributed by atoms with Gasteiger partial charge in [0.05, 0.1) is 0 Å². The van der Waals surface area contributed by atoms with Crippen molar-refractivity contribution in [2.24, 2.45) is 0 Å². The molecule has 0 saturated carbocycles. The molecule has 33 heavy (non-hydrogen) atoms. The van der Waals surface area contributed by atoms with E-state index in [1.165, 1.54) is 0 Å². The number of Topliss-reactive ketones (excluding diaryl/α,β-unsaturated/α-hetero) is 1. The lowest BCUT2D eigenvalue weighted by molar-refractivity contribution is -0.145. The maximum Gasteiger partial charge on any atom is 0.453 e. The lowest BCUT2D eigenvalue weighted by Gasteiger charge is -2.35. The standard InChI is InChI=1S/C22H14ClF5N4O/c23-13-3-1-2-10(4-13)11-7-16-18(17(33)8-11)19(12-5-14(24)9-15(25)6-12)32-21(29-16)30-20(31-32)22(26,27)28/h1-6,9,11,19H,7-8H2,(H,29,30,31). The van der Waals surface area contributed by atoms with Crippen LogP contribution in [0.1, 0.15) is 41.8 Å². The summed E-state index contributed by atoms with van der Waals surface area (Å²) in [5, 5.41) is 6.80. The molecule has 11 heteroatoms. The summed E-state index contributed by atoms with van der Waals surface area (Å²) in [5.41, 5.74) is 1.18. The summed E-state index contributed by atoms with van der Waals surface area (Å²) < 4.78 is 68.8. The fourth-order valence-electron chi connectivity index (χ4n) is 4.37. The van der Waals surface area contributed by atoms with Gasteiger partial charge in [-0.25, -0.2) is 13.5 Å². The predicted molar refractivity (Wildman–Crippen MR) is 109 cm³/mol. The van der Waals surface area contributed by atoms with Crippen LogP contribution in [0.15, 0.2) is 53.7 Å². The number of alkyl halides is 3. The molecular formula is C22H14ClF5N4O. The maximum atomic E-state index is 14.0. The number of hydrogen-bond acceptors (Lipinski definition) is 4. The summed E-state index contributed by atoms with van der Waals surface area (Å²) in [6.45, 7) is 0. The average molecular weight is 481 g/mol. The molecule has 0 saturated heterocycles. The summed E-state index contributed by atoms with van der Waals surface area (Å²) >= 11 is 6.07. The number of hydrogen-bond donors (Lipinski definition) is 1. The lowest BCUT2D eigenvalue weighted by atomic mass is 9.78. The molecule has 1 aliphatic heterocycles. The highest BCUT2D eigenvalue weighted by atomic mass is 35.5. The molecule has 2 heterocycles. The number of aromatic nitrogens is 3. The molecule has 0 amide bonds. The first-order valence-electron chi connectivity index (χ1n) is 9.88. The van der Waals surface area contributed by atoms with E-state index in [0.29, 0.717) is 16.8 Å². The Labute approximate surface area is 188 Å². The zero-order chi connectivity index (χ0) is 23.5. The van der Waals surface area contributed by atoms with Crippen LogP contribution in [0.4, 0.5) is 27.9 Å². The molecule has 0 spiro atoms. The van der Waals surface area contributed by atoms with Gasteiger partial charge in [-0.1, -0.05) is 23.7 Å². The van der Waals surface area contributed by atoms with E-state index in [1.807, 2.05) is 6.07 Å². The number of nitrogens with zero attached hydrogens (tertiary/aromatic N) is 3. The monoisotopic (exact) mass is 480 g/mol. The zero-order valence-electron chi connectivity index (χ0n) is 16.6. The molecule has 0 radical (unpaired) electrons. The number of fused-ring (bicyclic) bond motifs is 1. The molecule has 0 fully saturated rings. The molecule has 2 atom stereocenters. The number of carbonyl (C=O) groups excluding carboxylic acids is 1. The third-order valence-corrected chi connectivity index (χ3v) is 5.93. The van der Waals surface area contributed by atoms with Crippen LogP contribution in [0.3, 0.4) is 0 Å². The Bertz CT molecular complexity index is 1300. The topological polar surface area (TPSA) is 59.8 Å². The van der Waals surface area contributed by atoms with Crippen molar-refractivity contribution in [2.45, 2.75) is 31.0 Å². The Hall–Kier alpha value is -3.27. The lowest BCUT2D eigenvalue weighted by Crippen LogP contribution is -2.33. The van der Waals surface area contributed by atoms with Crippen molar-refractivity contribution in [1.82, 2.24) is 14.8 Å². The minimum Gasteiger partial charge on any atom is -0.328 e. The molecule has 1 aliphatic carbocycles. The van der Waals surface area contributed by atoms with E-state index in [4.69, 9.17) is 11.6 Å². The highest BCUT2D eigenvalue weighted by Gasteiger charge is 2.43. The molecule has 5 nitrogen and oxygen atoms in total. The third kappa shape index (κ3) is 3.88. The molecule has 2 aromatic carbocycles. The van der Waals surface area contributed by atoms with Crippen LogP contribution in [0.5, 0.6) is 0 Å². The maximum absolute atomic E-state index is 14.0. The number of anilines is 1. The zero-order valence-corrected chi connectivity index (χ0v) is 17.4. The van der Waals surface area contributed by atoms with Crippen molar-refractivity contribution >= 4 is 23.3 Å². The fraction of sp³-hybridized carbons (Fsp3) is 0.227. The van der Waals surface area contributed by atoms with Gasteiger partial charge in [-0.15, -0.1) is 5.10 Å². The van der Waals surface area contributed by atoms with Crippen molar-refractivity contribution in [3.8, 4) is 0 Å². The smallest absolute Gasteiger partial charge is 0.328 e. The number of allylic oxidation sites excluding steroid dienone is 2. The summed E-state index contributed by atoms with van der Waals surface area (Å²) in [4.78, 5) is 16.8. The summed E-state index contributed by atoms with van der Waals surface area (Å²) in [7, 11) is 0. The van der Waals surface area contributed by atoms with Gasteiger partial charge >= 0.3 is 6.18 Å². The minimum absolute atomic E-state index is 0.0454. The van der Waals surface area contributed by atoms with Crippen molar-refractivity contribution < 1.29 is 26.7 Å². The van der Waals surface area contributed by atoms with Crippen LogP contribution in [-0.4, -0.2) is 20.5 Å². The average Bonchev–Trinajstić information content (AvgIpc) is 3.15. The Kier molecular flexibility index (Phi) is 5.00. The predicted octanol–water partition coefficient (Wildman–Crippen LogP) is 5.64. The summed E-state index contributed by atoms with van der Waals surface area (Å²) in [6.07, 6.45) is -4.53. The van der Waals surface area contributed by atoms with Crippen LogP contribution < -0.4 is 5.32 Å². The molecule has 5 rings (SSSR count). The number of ketones is 1. The largest absolute Gasteiger partial charge is 0.453 e. The van der Waals surface area contributed by atoms with Gasteiger partial charge in [0.15, 0.2) is 5.78 Å². The molecule has 2 unspecified atom stereocenters. The SMILES string of the molecule is O=C1CC(c2cccc(Cl)c2)CC2=C1C(c1cc(F)cc(F)c1)n1nc(C(F)(F)F)nc1N2. The Morgan fingerprint density at radius 2 is 1.76 bits per heavy atom. The fourth-order valence-corrected chi connectivity index (χ4v) is 4.57. The quantitative estimate of drug-likeness (QED) is 0.482. The van der Waals surface area contributed by atoms with E-state index in [2.05, 4.69) is 15.4 Å². The van der Waals surface area contributed by atoms with Crippen molar-refractivity contribution in [3.05, 3.63) is 87.3 Å². The van der Waals surface area contributed by atoms with Gasteiger partial charge in [0, 0.05) is 28.8 Å². The number of halogens is 6.